The Bertz CT molecular complexity index is 359. The second-order valence-corrected chi connectivity index (χ2v) is 4.75. The zero-order valence-electron chi connectivity index (χ0n) is 11.0. The fraction of sp³-hybridized carbons (Fsp3) is 0.667. The molecule has 1 unspecified atom stereocenters. The van der Waals surface area contributed by atoms with Gasteiger partial charge in [0.05, 0.1) is 12.7 Å². The monoisotopic (exact) mass is 238 g/mol. The maximum Gasteiger partial charge on any atom is 0.233 e. The van der Waals surface area contributed by atoms with E-state index in [0.717, 1.165) is 12.1 Å². The van der Waals surface area contributed by atoms with Crippen molar-refractivity contribution in [3.8, 4) is 0 Å². The summed E-state index contributed by atoms with van der Waals surface area (Å²) in [7, 11) is 1.88. The Labute approximate surface area is 103 Å². The zero-order chi connectivity index (χ0) is 12.8. The van der Waals surface area contributed by atoms with E-state index in [4.69, 9.17) is 0 Å². The van der Waals surface area contributed by atoms with E-state index in [9.17, 15) is 4.79 Å². The van der Waals surface area contributed by atoms with Crippen LogP contribution in [-0.2, 0) is 11.8 Å². The van der Waals surface area contributed by atoms with E-state index in [1.54, 1.807) is 4.68 Å². The van der Waals surface area contributed by atoms with Crippen LogP contribution >= 0.6 is 0 Å². The van der Waals surface area contributed by atoms with Crippen LogP contribution in [0.5, 0.6) is 0 Å². The lowest BCUT2D eigenvalue weighted by Crippen LogP contribution is -2.36. The molecule has 1 heterocycles. The van der Waals surface area contributed by atoms with Crippen molar-refractivity contribution in [1.29, 1.82) is 0 Å². The number of aryl methyl sites for hydroxylation is 1. The lowest BCUT2D eigenvalue weighted by Gasteiger charge is -2.12. The molecule has 1 aromatic heterocycles. The number of hydrogen-bond donors (Lipinski definition) is 2. The van der Waals surface area contributed by atoms with Gasteiger partial charge in [-0.05, 0) is 12.8 Å². The quantitative estimate of drug-likeness (QED) is 0.772. The van der Waals surface area contributed by atoms with Crippen molar-refractivity contribution in [1.82, 2.24) is 20.4 Å². The Balaban J connectivity index is 2.28. The summed E-state index contributed by atoms with van der Waals surface area (Å²) in [5, 5.41) is 10.1. The van der Waals surface area contributed by atoms with Crippen molar-refractivity contribution >= 4 is 5.91 Å². The molecule has 1 aromatic rings. The van der Waals surface area contributed by atoms with Gasteiger partial charge in [0.1, 0.15) is 0 Å². The van der Waals surface area contributed by atoms with Crippen LogP contribution in [-0.4, -0.2) is 28.8 Å². The molecule has 0 fully saturated rings. The van der Waals surface area contributed by atoms with Gasteiger partial charge in [0.15, 0.2) is 0 Å². The van der Waals surface area contributed by atoms with Crippen molar-refractivity contribution in [3.05, 3.63) is 18.0 Å². The standard InChI is InChI=1S/C12H22N4O/c1-9(2)5-14-12(17)7-13-10(3)11-6-15-16(4)8-11/h6,8-10,13H,5,7H2,1-4H3,(H,14,17). The van der Waals surface area contributed by atoms with Crippen molar-refractivity contribution in [2.24, 2.45) is 13.0 Å². The van der Waals surface area contributed by atoms with Crippen molar-refractivity contribution in [3.63, 3.8) is 0 Å². The molecule has 0 aromatic carbocycles. The van der Waals surface area contributed by atoms with Crippen LogP contribution in [0.4, 0.5) is 0 Å². The van der Waals surface area contributed by atoms with Gasteiger partial charge in [-0.2, -0.15) is 5.10 Å². The molecule has 17 heavy (non-hydrogen) atoms. The van der Waals surface area contributed by atoms with Crippen LogP contribution in [0.1, 0.15) is 32.4 Å². The molecule has 96 valence electrons. The average molecular weight is 238 g/mol. The summed E-state index contributed by atoms with van der Waals surface area (Å²) >= 11 is 0. The van der Waals surface area contributed by atoms with Crippen LogP contribution < -0.4 is 10.6 Å². The summed E-state index contributed by atoms with van der Waals surface area (Å²) in [5.74, 6) is 0.518. The highest BCUT2D eigenvalue weighted by atomic mass is 16.1. The maximum atomic E-state index is 11.5. The molecule has 0 aliphatic rings. The van der Waals surface area contributed by atoms with Crippen molar-refractivity contribution < 1.29 is 4.79 Å². The molecule has 1 atom stereocenters. The van der Waals surface area contributed by atoms with E-state index >= 15 is 0 Å². The summed E-state index contributed by atoms with van der Waals surface area (Å²) in [6, 6.07) is 0.133. The van der Waals surface area contributed by atoms with Gasteiger partial charge in [-0.1, -0.05) is 13.8 Å². The van der Waals surface area contributed by atoms with Crippen LogP contribution in [0.2, 0.25) is 0 Å². The molecule has 0 spiro atoms. The number of carbonyl (C=O) groups is 1. The number of rotatable bonds is 6. The molecular weight excluding hydrogens is 216 g/mol. The van der Waals surface area contributed by atoms with Gasteiger partial charge >= 0.3 is 0 Å². The minimum absolute atomic E-state index is 0.0365. The zero-order valence-corrected chi connectivity index (χ0v) is 11.0. The molecule has 1 rings (SSSR count). The largest absolute Gasteiger partial charge is 0.355 e. The molecule has 0 bridgehead atoms. The van der Waals surface area contributed by atoms with E-state index in [1.165, 1.54) is 0 Å². The summed E-state index contributed by atoms with van der Waals surface area (Å²) in [6.07, 6.45) is 3.76. The first kappa shape index (κ1) is 13.7. The SMILES string of the molecule is CC(C)CNC(=O)CNC(C)c1cnn(C)c1. The van der Waals surface area contributed by atoms with E-state index in [2.05, 4.69) is 29.6 Å². The van der Waals surface area contributed by atoms with Gasteiger partial charge in [0, 0.05) is 31.4 Å². The lowest BCUT2D eigenvalue weighted by molar-refractivity contribution is -0.120. The minimum atomic E-state index is 0.0365. The number of amides is 1. The van der Waals surface area contributed by atoms with Gasteiger partial charge in [-0.15, -0.1) is 0 Å². The third kappa shape index (κ3) is 4.99. The second kappa shape index (κ2) is 6.39. The van der Waals surface area contributed by atoms with Crippen LogP contribution in [0.25, 0.3) is 0 Å². The summed E-state index contributed by atoms with van der Waals surface area (Å²) < 4.78 is 1.76. The van der Waals surface area contributed by atoms with Gasteiger partial charge in [-0.3, -0.25) is 9.48 Å². The number of nitrogens with zero attached hydrogens (tertiary/aromatic N) is 2. The van der Waals surface area contributed by atoms with E-state index in [0.29, 0.717) is 12.5 Å². The topological polar surface area (TPSA) is 59.0 Å². The Morgan fingerprint density at radius 2 is 2.18 bits per heavy atom. The second-order valence-electron chi connectivity index (χ2n) is 4.75. The number of aromatic nitrogens is 2. The Morgan fingerprint density at radius 3 is 2.71 bits per heavy atom. The predicted octanol–water partition coefficient (Wildman–Crippen LogP) is 0.843. The first-order valence-electron chi connectivity index (χ1n) is 5.97. The smallest absolute Gasteiger partial charge is 0.233 e. The number of hydrogen-bond acceptors (Lipinski definition) is 3. The van der Waals surface area contributed by atoms with Crippen LogP contribution in [0, 0.1) is 5.92 Å². The molecule has 0 aliphatic carbocycles. The summed E-state index contributed by atoms with van der Waals surface area (Å²) in [5.41, 5.74) is 1.09. The molecule has 0 saturated carbocycles. The molecule has 0 saturated heterocycles. The third-order valence-electron chi connectivity index (χ3n) is 2.50. The Kier molecular flexibility index (Phi) is 5.15. The highest BCUT2D eigenvalue weighted by Crippen LogP contribution is 2.09. The van der Waals surface area contributed by atoms with E-state index in [1.807, 2.05) is 26.4 Å². The van der Waals surface area contributed by atoms with Gasteiger partial charge in [-0.25, -0.2) is 0 Å². The van der Waals surface area contributed by atoms with Crippen molar-refractivity contribution in [2.75, 3.05) is 13.1 Å². The van der Waals surface area contributed by atoms with Crippen LogP contribution in [0.15, 0.2) is 12.4 Å². The van der Waals surface area contributed by atoms with E-state index in [-0.39, 0.29) is 11.9 Å². The van der Waals surface area contributed by atoms with Crippen molar-refractivity contribution in [2.45, 2.75) is 26.8 Å². The highest BCUT2D eigenvalue weighted by molar-refractivity contribution is 5.78. The molecule has 5 heteroatoms. The number of carbonyl (C=O) groups excluding carboxylic acids is 1. The Morgan fingerprint density at radius 1 is 1.47 bits per heavy atom. The van der Waals surface area contributed by atoms with Gasteiger partial charge < -0.3 is 10.6 Å². The third-order valence-corrected chi connectivity index (χ3v) is 2.50. The predicted molar refractivity (Wildman–Crippen MR) is 67.5 cm³/mol. The highest BCUT2D eigenvalue weighted by Gasteiger charge is 2.09. The molecule has 0 aliphatic heterocycles. The number of nitrogens with one attached hydrogen (secondary N) is 2. The fourth-order valence-electron chi connectivity index (χ4n) is 1.41. The van der Waals surface area contributed by atoms with E-state index < -0.39 is 0 Å². The van der Waals surface area contributed by atoms with Crippen LogP contribution in [0.3, 0.4) is 0 Å². The lowest BCUT2D eigenvalue weighted by atomic mass is 10.2. The summed E-state index contributed by atoms with van der Waals surface area (Å²) in [6.45, 7) is 7.23. The Hall–Kier alpha value is -1.36. The fourth-order valence-corrected chi connectivity index (χ4v) is 1.41. The maximum absolute atomic E-state index is 11.5. The first-order valence-corrected chi connectivity index (χ1v) is 5.97. The normalized spacial score (nSPS) is 12.8. The molecule has 1 amide bonds. The molecular formula is C12H22N4O. The minimum Gasteiger partial charge on any atom is -0.355 e. The molecule has 2 N–H and O–H groups in total. The van der Waals surface area contributed by atoms with Gasteiger partial charge in [0.25, 0.3) is 0 Å². The average Bonchev–Trinajstić information content (AvgIpc) is 2.70. The first-order chi connectivity index (χ1) is 7.99. The summed E-state index contributed by atoms with van der Waals surface area (Å²) in [4.78, 5) is 11.5. The van der Waals surface area contributed by atoms with Gasteiger partial charge in [0.2, 0.25) is 5.91 Å². The molecule has 5 nitrogen and oxygen atoms in total. The molecule has 0 radical (unpaired) electrons.